The van der Waals surface area contributed by atoms with E-state index in [4.69, 9.17) is 9.47 Å². The lowest BCUT2D eigenvalue weighted by atomic mass is 10.2. The molecule has 14 heavy (non-hydrogen) atoms. The van der Waals surface area contributed by atoms with E-state index < -0.39 is 0 Å². The highest BCUT2D eigenvalue weighted by atomic mass is 16.5. The topological polar surface area (TPSA) is 51.3 Å². The molecule has 0 aliphatic carbocycles. The van der Waals surface area contributed by atoms with Gasteiger partial charge in [0.25, 0.3) is 0 Å². The third-order valence-electron chi connectivity index (χ3n) is 2.24. The van der Waals surface area contributed by atoms with E-state index in [0.29, 0.717) is 18.9 Å². The SMILES string of the molecule is CCOC(=O)c1cc2c([nH]1)CCOC2. The minimum Gasteiger partial charge on any atom is -0.461 e. The zero-order valence-corrected chi connectivity index (χ0v) is 8.13. The number of carbonyl (C=O) groups excluding carboxylic acids is 1. The molecule has 0 fully saturated rings. The molecule has 76 valence electrons. The van der Waals surface area contributed by atoms with Crippen LogP contribution in [0.1, 0.15) is 28.7 Å². The van der Waals surface area contributed by atoms with Crippen molar-refractivity contribution >= 4 is 5.97 Å². The number of rotatable bonds is 2. The number of hydrogen-bond acceptors (Lipinski definition) is 3. The fourth-order valence-electron chi connectivity index (χ4n) is 1.57. The van der Waals surface area contributed by atoms with E-state index in [2.05, 4.69) is 4.98 Å². The van der Waals surface area contributed by atoms with Gasteiger partial charge in [-0.15, -0.1) is 0 Å². The first-order chi connectivity index (χ1) is 6.81. The molecule has 0 saturated carbocycles. The van der Waals surface area contributed by atoms with Crippen molar-refractivity contribution in [2.24, 2.45) is 0 Å². The molecule has 4 nitrogen and oxygen atoms in total. The predicted molar refractivity (Wildman–Crippen MR) is 50.1 cm³/mol. The number of hydrogen-bond donors (Lipinski definition) is 1. The number of esters is 1. The Morgan fingerprint density at radius 3 is 3.29 bits per heavy atom. The second-order valence-electron chi connectivity index (χ2n) is 3.21. The quantitative estimate of drug-likeness (QED) is 0.723. The van der Waals surface area contributed by atoms with Crippen molar-refractivity contribution in [2.75, 3.05) is 13.2 Å². The third-order valence-corrected chi connectivity index (χ3v) is 2.24. The number of ether oxygens (including phenoxy) is 2. The molecule has 0 unspecified atom stereocenters. The lowest BCUT2D eigenvalue weighted by Crippen LogP contribution is -2.08. The number of H-pyrrole nitrogens is 1. The van der Waals surface area contributed by atoms with Crippen molar-refractivity contribution in [1.29, 1.82) is 0 Å². The molecule has 1 aliphatic rings. The lowest BCUT2D eigenvalue weighted by Gasteiger charge is -2.10. The van der Waals surface area contributed by atoms with E-state index in [9.17, 15) is 4.79 Å². The van der Waals surface area contributed by atoms with Crippen molar-refractivity contribution < 1.29 is 14.3 Å². The van der Waals surface area contributed by atoms with Crippen molar-refractivity contribution in [3.05, 3.63) is 23.0 Å². The number of aromatic amines is 1. The lowest BCUT2D eigenvalue weighted by molar-refractivity contribution is 0.0520. The van der Waals surface area contributed by atoms with Crippen LogP contribution in [0.2, 0.25) is 0 Å². The van der Waals surface area contributed by atoms with Gasteiger partial charge in [-0.3, -0.25) is 0 Å². The first-order valence-corrected chi connectivity index (χ1v) is 4.77. The molecule has 2 rings (SSSR count). The van der Waals surface area contributed by atoms with Crippen LogP contribution in [0.3, 0.4) is 0 Å². The molecule has 1 aliphatic heterocycles. The van der Waals surface area contributed by atoms with E-state index in [1.54, 1.807) is 6.92 Å². The molecule has 0 saturated heterocycles. The van der Waals surface area contributed by atoms with Crippen LogP contribution in [0.4, 0.5) is 0 Å². The van der Waals surface area contributed by atoms with Crippen molar-refractivity contribution in [2.45, 2.75) is 20.0 Å². The molecule has 1 N–H and O–H groups in total. The zero-order chi connectivity index (χ0) is 9.97. The second kappa shape index (κ2) is 3.84. The van der Waals surface area contributed by atoms with Crippen LogP contribution in [0.25, 0.3) is 0 Å². The van der Waals surface area contributed by atoms with Gasteiger partial charge in [-0.25, -0.2) is 4.79 Å². The summed E-state index contributed by atoms with van der Waals surface area (Å²) in [5.74, 6) is -0.290. The van der Waals surface area contributed by atoms with Crippen LogP contribution in [0, 0.1) is 0 Å². The van der Waals surface area contributed by atoms with E-state index in [0.717, 1.165) is 24.3 Å². The smallest absolute Gasteiger partial charge is 0.354 e. The molecule has 0 atom stereocenters. The van der Waals surface area contributed by atoms with Gasteiger partial charge < -0.3 is 14.5 Å². The van der Waals surface area contributed by atoms with Gasteiger partial charge in [0, 0.05) is 12.1 Å². The number of fused-ring (bicyclic) bond motifs is 1. The van der Waals surface area contributed by atoms with E-state index in [1.807, 2.05) is 6.07 Å². The number of carbonyl (C=O) groups is 1. The summed E-state index contributed by atoms with van der Waals surface area (Å²) in [6, 6.07) is 1.81. The van der Waals surface area contributed by atoms with Gasteiger partial charge in [0.15, 0.2) is 0 Å². The van der Waals surface area contributed by atoms with Crippen LogP contribution < -0.4 is 0 Å². The van der Waals surface area contributed by atoms with Crippen molar-refractivity contribution in [3.8, 4) is 0 Å². The van der Waals surface area contributed by atoms with Gasteiger partial charge in [-0.1, -0.05) is 0 Å². The maximum Gasteiger partial charge on any atom is 0.354 e. The van der Waals surface area contributed by atoms with Crippen LogP contribution in [-0.4, -0.2) is 24.2 Å². The van der Waals surface area contributed by atoms with E-state index in [-0.39, 0.29) is 5.97 Å². The zero-order valence-electron chi connectivity index (χ0n) is 8.13. The minimum atomic E-state index is -0.290. The van der Waals surface area contributed by atoms with Crippen LogP contribution >= 0.6 is 0 Å². The Hall–Kier alpha value is -1.29. The molecule has 0 bridgehead atoms. The van der Waals surface area contributed by atoms with E-state index >= 15 is 0 Å². The Morgan fingerprint density at radius 1 is 1.71 bits per heavy atom. The standard InChI is InChI=1S/C10H13NO3/c1-2-14-10(12)9-5-7-6-13-4-3-8(7)11-9/h5,11H,2-4,6H2,1H3. The fourth-order valence-corrected chi connectivity index (χ4v) is 1.57. The Labute approximate surface area is 82.2 Å². The summed E-state index contributed by atoms with van der Waals surface area (Å²) in [5.41, 5.74) is 2.70. The molecule has 1 aromatic rings. The van der Waals surface area contributed by atoms with E-state index in [1.165, 1.54) is 0 Å². The van der Waals surface area contributed by atoms with Gasteiger partial charge in [-0.05, 0) is 18.6 Å². The normalized spacial score (nSPS) is 14.9. The van der Waals surface area contributed by atoms with Crippen molar-refractivity contribution in [3.63, 3.8) is 0 Å². The average molecular weight is 195 g/mol. The Balaban J connectivity index is 2.19. The highest BCUT2D eigenvalue weighted by Gasteiger charge is 2.16. The molecule has 1 aromatic heterocycles. The summed E-state index contributed by atoms with van der Waals surface area (Å²) in [6.45, 7) is 3.50. The maximum absolute atomic E-state index is 11.4. The van der Waals surface area contributed by atoms with Crippen molar-refractivity contribution in [1.82, 2.24) is 4.98 Å². The molecule has 0 spiro atoms. The largest absolute Gasteiger partial charge is 0.461 e. The first kappa shape index (κ1) is 9.27. The molecule has 2 heterocycles. The van der Waals surface area contributed by atoms with Gasteiger partial charge in [0.2, 0.25) is 0 Å². The first-order valence-electron chi connectivity index (χ1n) is 4.77. The molecular weight excluding hydrogens is 182 g/mol. The Bertz CT molecular complexity index is 320. The summed E-state index contributed by atoms with van der Waals surface area (Å²) >= 11 is 0. The van der Waals surface area contributed by atoms with Gasteiger partial charge in [0.05, 0.1) is 19.8 Å². The average Bonchev–Trinajstić information content (AvgIpc) is 2.61. The number of aromatic nitrogens is 1. The van der Waals surface area contributed by atoms with Crippen LogP contribution in [-0.2, 0) is 22.5 Å². The van der Waals surface area contributed by atoms with Crippen LogP contribution in [0.5, 0.6) is 0 Å². The number of nitrogens with one attached hydrogen (secondary N) is 1. The minimum absolute atomic E-state index is 0.290. The highest BCUT2D eigenvalue weighted by molar-refractivity contribution is 5.87. The summed E-state index contributed by atoms with van der Waals surface area (Å²) < 4.78 is 10.2. The summed E-state index contributed by atoms with van der Waals surface area (Å²) in [4.78, 5) is 14.4. The third kappa shape index (κ3) is 1.65. The molecule has 0 aromatic carbocycles. The molecule has 0 radical (unpaired) electrons. The monoisotopic (exact) mass is 195 g/mol. The predicted octanol–water partition coefficient (Wildman–Crippen LogP) is 1.26. The second-order valence-corrected chi connectivity index (χ2v) is 3.21. The van der Waals surface area contributed by atoms with Gasteiger partial charge >= 0.3 is 5.97 Å². The maximum atomic E-state index is 11.4. The van der Waals surface area contributed by atoms with Gasteiger partial charge in [0.1, 0.15) is 5.69 Å². The molecule has 0 amide bonds. The summed E-state index contributed by atoms with van der Waals surface area (Å²) in [6.07, 6.45) is 0.842. The Morgan fingerprint density at radius 2 is 2.57 bits per heavy atom. The molecule has 4 heteroatoms. The van der Waals surface area contributed by atoms with Crippen LogP contribution in [0.15, 0.2) is 6.07 Å². The molecular formula is C10H13NO3. The summed E-state index contributed by atoms with van der Waals surface area (Å²) in [7, 11) is 0. The summed E-state index contributed by atoms with van der Waals surface area (Å²) in [5, 5.41) is 0. The Kier molecular flexibility index (Phi) is 2.54. The fraction of sp³-hybridized carbons (Fsp3) is 0.500. The highest BCUT2D eigenvalue weighted by Crippen LogP contribution is 2.17. The van der Waals surface area contributed by atoms with Gasteiger partial charge in [-0.2, -0.15) is 0 Å².